The molecule has 0 saturated carbocycles. The number of rotatable bonds is 1. The third-order valence-electron chi connectivity index (χ3n) is 1.37. The van der Waals surface area contributed by atoms with E-state index in [1.165, 1.54) is 18.2 Å². The molecule has 2 N–H and O–H groups in total. The summed E-state index contributed by atoms with van der Waals surface area (Å²) in [6.45, 7) is 0. The molecular weight excluding hydrogens is 238 g/mol. The number of hydrogen-bond acceptors (Lipinski definition) is 4. The van der Waals surface area contributed by atoms with Crippen molar-refractivity contribution in [1.82, 2.24) is 0 Å². The lowest BCUT2D eigenvalue weighted by Crippen LogP contribution is -2.09. The highest BCUT2D eigenvalue weighted by Gasteiger charge is 2.06. The summed E-state index contributed by atoms with van der Waals surface area (Å²) in [5, 5.41) is 8.60. The Morgan fingerprint density at radius 1 is 1.43 bits per heavy atom. The second kappa shape index (κ2) is 5.55. The first-order valence-electron chi connectivity index (χ1n) is 3.93. The van der Waals surface area contributed by atoms with E-state index >= 15 is 0 Å². The van der Waals surface area contributed by atoms with Crippen LogP contribution in [0.25, 0.3) is 0 Å². The van der Waals surface area contributed by atoms with Crippen LogP contribution in [0.4, 0.5) is 0 Å². The average Bonchev–Trinajstić information content (AvgIpc) is 2.80. The van der Waals surface area contributed by atoms with Crippen LogP contribution in [0.1, 0.15) is 6.42 Å². The minimum Gasteiger partial charge on any atom is -0.224 e. The molecule has 6 heteroatoms. The Morgan fingerprint density at radius 2 is 2.21 bits per heavy atom. The summed E-state index contributed by atoms with van der Waals surface area (Å²) >= 11 is 3.01. The van der Waals surface area contributed by atoms with Gasteiger partial charge in [-0.3, -0.25) is 0 Å². The van der Waals surface area contributed by atoms with E-state index in [0.29, 0.717) is 0 Å². The topological polar surface area (TPSA) is 60.2 Å². The summed E-state index contributed by atoms with van der Waals surface area (Å²) in [6, 6.07) is 3.12. The fraction of sp³-hybridized carbons (Fsp3) is 0.250. The summed E-state index contributed by atoms with van der Waals surface area (Å²) in [7, 11) is -3.44. The molecule has 0 bridgehead atoms. The number of allylic oxidation sites excluding steroid dienone is 1. The fourth-order valence-corrected chi connectivity index (χ4v) is 2.87. The van der Waals surface area contributed by atoms with Gasteiger partial charge in [-0.15, -0.1) is 23.1 Å². The number of primary sulfonamides is 1. The Morgan fingerprint density at radius 3 is 2.43 bits per heavy atom. The lowest BCUT2D eigenvalue weighted by atomic mass is 10.5. The Labute approximate surface area is 92.1 Å². The zero-order chi connectivity index (χ0) is 10.4. The summed E-state index contributed by atoms with van der Waals surface area (Å²) in [6.07, 6.45) is 3.48. The Bertz CT molecular complexity index is 375. The van der Waals surface area contributed by atoms with Gasteiger partial charge in [0.1, 0.15) is 4.21 Å². The van der Waals surface area contributed by atoms with Crippen LogP contribution in [0.2, 0.25) is 0 Å². The standard InChI is InChI=1S/C4H5NO2S2.C4H6S/c5-9(6,7)4-2-1-3-8-4;1-2-4-5-3-1/h1-3H,(H2,5,6,7);1,3H,2,4H2. The van der Waals surface area contributed by atoms with Crippen LogP contribution in [-0.2, 0) is 10.0 Å². The molecular formula is C8H11NO2S3. The Kier molecular flexibility index (Phi) is 4.67. The third-order valence-corrected chi connectivity index (χ3v) is 4.57. The van der Waals surface area contributed by atoms with Gasteiger partial charge < -0.3 is 0 Å². The molecule has 1 aromatic heterocycles. The van der Waals surface area contributed by atoms with Gasteiger partial charge in [-0.05, 0) is 23.3 Å². The first-order valence-corrected chi connectivity index (χ1v) is 7.41. The van der Waals surface area contributed by atoms with Gasteiger partial charge in [0.05, 0.1) is 0 Å². The average molecular weight is 249 g/mol. The molecule has 0 fully saturated rings. The molecule has 0 aromatic carbocycles. The van der Waals surface area contributed by atoms with E-state index in [1.54, 1.807) is 11.4 Å². The van der Waals surface area contributed by atoms with Crippen molar-refractivity contribution in [2.45, 2.75) is 10.6 Å². The van der Waals surface area contributed by atoms with Crippen LogP contribution in [0.15, 0.2) is 33.2 Å². The number of hydrogen-bond donors (Lipinski definition) is 1. The first kappa shape index (κ1) is 11.8. The van der Waals surface area contributed by atoms with Gasteiger partial charge in [0.15, 0.2) is 0 Å². The van der Waals surface area contributed by atoms with E-state index in [0.717, 1.165) is 11.3 Å². The van der Waals surface area contributed by atoms with E-state index in [-0.39, 0.29) is 4.21 Å². The van der Waals surface area contributed by atoms with E-state index in [1.807, 2.05) is 11.8 Å². The first-order chi connectivity index (χ1) is 6.61. The summed E-state index contributed by atoms with van der Waals surface area (Å²) in [4.78, 5) is 0. The zero-order valence-electron chi connectivity index (χ0n) is 7.42. The van der Waals surface area contributed by atoms with Gasteiger partial charge in [-0.1, -0.05) is 12.1 Å². The van der Waals surface area contributed by atoms with Gasteiger partial charge in [-0.2, -0.15) is 0 Å². The molecule has 0 spiro atoms. The van der Waals surface area contributed by atoms with E-state index in [4.69, 9.17) is 5.14 Å². The number of nitrogens with two attached hydrogens (primary N) is 1. The maximum Gasteiger partial charge on any atom is 0.247 e. The second-order valence-corrected chi connectivity index (χ2v) is 6.26. The maximum absolute atomic E-state index is 10.5. The Balaban J connectivity index is 0.000000165. The van der Waals surface area contributed by atoms with Crippen LogP contribution in [0, 0.1) is 0 Å². The minimum atomic E-state index is -3.44. The lowest BCUT2D eigenvalue weighted by Gasteiger charge is -1.86. The van der Waals surface area contributed by atoms with Crippen LogP contribution in [0.3, 0.4) is 0 Å². The highest BCUT2D eigenvalue weighted by atomic mass is 32.2. The van der Waals surface area contributed by atoms with Gasteiger partial charge in [0.2, 0.25) is 10.0 Å². The van der Waals surface area contributed by atoms with E-state index in [9.17, 15) is 8.42 Å². The number of thiophene rings is 1. The monoisotopic (exact) mass is 249 g/mol. The molecule has 14 heavy (non-hydrogen) atoms. The summed E-state index contributed by atoms with van der Waals surface area (Å²) in [5.74, 6) is 1.31. The van der Waals surface area contributed by atoms with Crippen molar-refractivity contribution >= 4 is 33.1 Å². The minimum absolute atomic E-state index is 0.211. The van der Waals surface area contributed by atoms with Gasteiger partial charge in [0.25, 0.3) is 0 Å². The van der Waals surface area contributed by atoms with E-state index < -0.39 is 10.0 Å². The smallest absolute Gasteiger partial charge is 0.224 e. The molecule has 2 rings (SSSR count). The summed E-state index contributed by atoms with van der Waals surface area (Å²) < 4.78 is 21.2. The quantitative estimate of drug-likeness (QED) is 0.828. The lowest BCUT2D eigenvalue weighted by molar-refractivity contribution is 0.600. The second-order valence-electron chi connectivity index (χ2n) is 2.51. The van der Waals surface area contributed by atoms with Crippen molar-refractivity contribution in [3.05, 3.63) is 29.0 Å². The molecule has 0 amide bonds. The Hall–Kier alpha value is -0.300. The molecule has 1 aliphatic rings. The van der Waals surface area contributed by atoms with Crippen molar-refractivity contribution < 1.29 is 8.42 Å². The molecule has 0 radical (unpaired) electrons. The van der Waals surface area contributed by atoms with Gasteiger partial charge >= 0.3 is 0 Å². The molecule has 1 aromatic rings. The molecule has 0 atom stereocenters. The number of thioether (sulfide) groups is 1. The predicted molar refractivity (Wildman–Crippen MR) is 61.9 cm³/mol. The van der Waals surface area contributed by atoms with E-state index in [2.05, 4.69) is 11.5 Å². The molecule has 0 unspecified atom stereocenters. The number of sulfonamides is 1. The van der Waals surface area contributed by atoms with Crippen molar-refractivity contribution in [3.63, 3.8) is 0 Å². The van der Waals surface area contributed by atoms with Gasteiger partial charge in [0, 0.05) is 5.75 Å². The van der Waals surface area contributed by atoms with Crippen LogP contribution >= 0.6 is 23.1 Å². The summed E-state index contributed by atoms with van der Waals surface area (Å²) in [5.41, 5.74) is 0. The SMILES string of the molecule is C1=CSCC1.NS(=O)(=O)c1cccs1. The maximum atomic E-state index is 10.5. The molecule has 2 heterocycles. The highest BCUT2D eigenvalue weighted by Crippen LogP contribution is 2.12. The van der Waals surface area contributed by atoms with Crippen LogP contribution in [-0.4, -0.2) is 14.2 Å². The molecule has 0 saturated heterocycles. The highest BCUT2D eigenvalue weighted by molar-refractivity contribution is 8.02. The zero-order valence-corrected chi connectivity index (χ0v) is 9.87. The van der Waals surface area contributed by atoms with Crippen molar-refractivity contribution in [2.24, 2.45) is 5.14 Å². The van der Waals surface area contributed by atoms with Crippen LogP contribution < -0.4 is 5.14 Å². The normalized spacial score (nSPS) is 14.9. The van der Waals surface area contributed by atoms with Crippen LogP contribution in [0.5, 0.6) is 0 Å². The molecule has 0 aliphatic carbocycles. The third kappa shape index (κ3) is 4.28. The van der Waals surface area contributed by atoms with Crippen molar-refractivity contribution in [1.29, 1.82) is 0 Å². The van der Waals surface area contributed by atoms with Gasteiger partial charge in [-0.25, -0.2) is 13.6 Å². The largest absolute Gasteiger partial charge is 0.247 e. The van der Waals surface area contributed by atoms with Crippen molar-refractivity contribution in [3.8, 4) is 0 Å². The molecule has 3 nitrogen and oxygen atoms in total. The van der Waals surface area contributed by atoms with Crippen molar-refractivity contribution in [2.75, 3.05) is 5.75 Å². The predicted octanol–water partition coefficient (Wildman–Crippen LogP) is 2.03. The fourth-order valence-electron chi connectivity index (χ4n) is 0.766. The molecule has 78 valence electrons. The molecule has 1 aliphatic heterocycles.